The molecule has 7 heterocycles. The number of piperidine rings is 1. The highest BCUT2D eigenvalue weighted by molar-refractivity contribution is 7.13. The Bertz CT molecular complexity index is 2470. The minimum Gasteiger partial charge on any atom is -0.507 e. The van der Waals surface area contributed by atoms with E-state index in [1.165, 1.54) is 4.90 Å². The first-order valence-corrected chi connectivity index (χ1v) is 24.3. The van der Waals surface area contributed by atoms with Crippen LogP contribution in [-0.4, -0.2) is 140 Å². The molecular weight excluding hydrogens is 857 g/mol. The molecule has 4 aliphatic heterocycles. The number of aryl methyl sites for hydroxylation is 1. The highest BCUT2D eigenvalue weighted by atomic mass is 32.1. The van der Waals surface area contributed by atoms with Gasteiger partial charge in [-0.25, -0.2) is 4.98 Å². The number of carbonyl (C=O) groups excluding carboxylic acids is 2. The zero-order chi connectivity index (χ0) is 46.1. The number of ether oxygens (including phenoxy) is 1. The number of hydrogen-bond donors (Lipinski definition) is 4. The Hall–Kier alpha value is -5.62. The predicted molar refractivity (Wildman–Crippen MR) is 254 cm³/mol. The molecule has 9 rings (SSSR count). The van der Waals surface area contributed by atoms with Crippen LogP contribution in [0.2, 0.25) is 0 Å². The lowest BCUT2D eigenvalue weighted by molar-refractivity contribution is -0.141. The monoisotopic (exact) mass is 918 g/mol. The van der Waals surface area contributed by atoms with Crippen molar-refractivity contribution in [2.45, 2.75) is 90.1 Å². The predicted octanol–water partition coefficient (Wildman–Crippen LogP) is 5.94. The summed E-state index contributed by atoms with van der Waals surface area (Å²) < 4.78 is 11.8. The van der Waals surface area contributed by atoms with Crippen LogP contribution in [-0.2, 0) is 9.59 Å². The molecule has 0 saturated carbocycles. The smallest absolute Gasteiger partial charge is 0.254 e. The second kappa shape index (κ2) is 19.7. The van der Waals surface area contributed by atoms with Crippen LogP contribution in [0.4, 0.5) is 11.5 Å². The maximum atomic E-state index is 14.2. The number of benzene rings is 2. The highest BCUT2D eigenvalue weighted by Gasteiger charge is 2.44. The average Bonchev–Trinajstić information content (AvgIpc) is 4.08. The molecular formula is C49H62N10O6S. The average molecular weight is 919 g/mol. The number of likely N-dealkylation sites (tertiary alicyclic amines) is 2. The molecule has 0 unspecified atom stereocenters. The number of phenolic OH excluding ortho intramolecular Hbond substituents is 1. The number of rotatable bonds is 14. The molecule has 2 amide bonds. The number of nitrogens with one attached hydrogen (secondary N) is 2. The number of aromatic nitrogens is 4. The van der Waals surface area contributed by atoms with Crippen molar-refractivity contribution >= 4 is 34.7 Å². The summed E-state index contributed by atoms with van der Waals surface area (Å²) in [6.07, 6.45) is 1.57. The number of piperazine rings is 1. The van der Waals surface area contributed by atoms with Crippen LogP contribution in [0, 0.1) is 18.8 Å². The van der Waals surface area contributed by atoms with E-state index < -0.39 is 18.1 Å². The molecule has 3 aromatic heterocycles. The number of hydrogen-bond acceptors (Lipinski definition) is 15. The summed E-state index contributed by atoms with van der Waals surface area (Å²) >= 11 is 1.59. The molecule has 6 atom stereocenters. The zero-order valence-electron chi connectivity index (χ0n) is 38.5. The van der Waals surface area contributed by atoms with Crippen molar-refractivity contribution in [2.24, 2.45) is 11.8 Å². The minimum absolute atomic E-state index is 0.0631. The third kappa shape index (κ3) is 9.62. The SMILES string of the molecule is Cc1ncsc1-c1ccc([C@H](C)NC(=O)[C@@H]2C[C@@H](O)CN2C(=O)[C@@H](c2cc(OCCN3CCC([C@@H](C)N4CCN5c6cc(-c7ccccc7O)nnc6NC[C@H]5C4)CC3)no2)C(C)C)cc1. The molecule has 2 aromatic carbocycles. The summed E-state index contributed by atoms with van der Waals surface area (Å²) in [5.41, 5.74) is 7.23. The summed E-state index contributed by atoms with van der Waals surface area (Å²) in [6, 6.07) is 18.7. The van der Waals surface area contributed by atoms with Crippen LogP contribution in [0.1, 0.15) is 75.9 Å². The number of amides is 2. The van der Waals surface area contributed by atoms with Crippen molar-refractivity contribution in [2.75, 3.05) is 69.2 Å². The van der Waals surface area contributed by atoms with Gasteiger partial charge in [0, 0.05) is 63.4 Å². The lowest BCUT2D eigenvalue weighted by Gasteiger charge is -2.49. The van der Waals surface area contributed by atoms with E-state index in [0.29, 0.717) is 47.5 Å². The van der Waals surface area contributed by atoms with Gasteiger partial charge in [0.05, 0.1) is 45.7 Å². The highest BCUT2D eigenvalue weighted by Crippen LogP contribution is 2.38. The number of β-amino-alcohol motifs (C(OH)–C–C–N with tert-alkyl or cyclic N) is 1. The molecule has 0 bridgehead atoms. The normalized spacial score (nSPS) is 21.8. The number of aliphatic hydroxyl groups excluding tert-OH is 1. The number of para-hydroxylation sites is 1. The number of aromatic hydroxyl groups is 1. The van der Waals surface area contributed by atoms with Gasteiger partial charge in [-0.3, -0.25) is 19.4 Å². The van der Waals surface area contributed by atoms with E-state index in [4.69, 9.17) is 9.26 Å². The van der Waals surface area contributed by atoms with E-state index in [1.807, 2.05) is 75.7 Å². The van der Waals surface area contributed by atoms with Crippen molar-refractivity contribution in [3.8, 4) is 33.3 Å². The summed E-state index contributed by atoms with van der Waals surface area (Å²) in [6.45, 7) is 17.1. The molecule has 66 heavy (non-hydrogen) atoms. The first-order chi connectivity index (χ1) is 31.9. The number of anilines is 2. The number of aliphatic hydroxyl groups is 1. The van der Waals surface area contributed by atoms with Crippen molar-refractivity contribution < 1.29 is 29.1 Å². The lowest BCUT2D eigenvalue weighted by atomic mass is 9.88. The maximum absolute atomic E-state index is 14.2. The molecule has 3 fully saturated rings. The number of nitrogens with zero attached hydrogens (tertiary/aromatic N) is 8. The van der Waals surface area contributed by atoms with E-state index in [-0.39, 0.29) is 42.5 Å². The standard InChI is InChI=1S/C49H62N10O6S/c1-29(2)45(49(63)59-27-37(60)22-41(59)48(62)52-30(3)33-10-12-35(13-11-33)46-31(4)51-28-66-46)43-24-44(55-65-43)64-21-20-56-16-14-34(15-17-56)32(5)57-18-19-58-36(26-57)25-50-47-40(58)23-39(53-54-47)38-8-6-7-9-42(38)61/h6-13,23-24,28-30,32,34,36-37,41,45,60-61H,14-22,25-27H2,1-5H3,(H,50,54)(H,52,62)/t30-,32+,36-,37+,41-,45+/m0/s1. The fraction of sp³-hybridized carbons (Fsp3) is 0.510. The summed E-state index contributed by atoms with van der Waals surface area (Å²) in [5, 5.41) is 40.8. The maximum Gasteiger partial charge on any atom is 0.254 e. The molecule has 3 saturated heterocycles. The Labute approximate surface area is 390 Å². The third-order valence-electron chi connectivity index (χ3n) is 14.2. The van der Waals surface area contributed by atoms with Crippen LogP contribution in [0.3, 0.4) is 0 Å². The topological polar surface area (TPSA) is 186 Å². The number of thiazole rings is 1. The molecule has 0 radical (unpaired) electrons. The van der Waals surface area contributed by atoms with Crippen molar-refractivity contribution in [3.63, 3.8) is 0 Å². The number of carbonyl (C=O) groups is 2. The van der Waals surface area contributed by atoms with Crippen LogP contribution < -0.4 is 20.3 Å². The summed E-state index contributed by atoms with van der Waals surface area (Å²) in [4.78, 5) is 42.5. The first kappa shape index (κ1) is 45.5. The molecule has 4 aliphatic rings. The van der Waals surface area contributed by atoms with Crippen molar-refractivity contribution in [1.29, 1.82) is 0 Å². The van der Waals surface area contributed by atoms with Gasteiger partial charge in [-0.05, 0) is 93.0 Å². The van der Waals surface area contributed by atoms with Gasteiger partial charge in [-0.15, -0.1) is 21.5 Å². The molecule has 5 aromatic rings. The molecule has 0 aliphatic carbocycles. The molecule has 350 valence electrons. The quantitative estimate of drug-likeness (QED) is 0.103. The van der Waals surface area contributed by atoms with Crippen molar-refractivity contribution in [1.82, 2.24) is 40.4 Å². The second-order valence-electron chi connectivity index (χ2n) is 18.8. The van der Waals surface area contributed by atoms with E-state index in [0.717, 1.165) is 91.9 Å². The van der Waals surface area contributed by atoms with Crippen LogP contribution in [0.5, 0.6) is 11.6 Å². The number of fused-ring (bicyclic) bond motifs is 3. The van der Waals surface area contributed by atoms with Gasteiger partial charge in [0.2, 0.25) is 11.8 Å². The van der Waals surface area contributed by atoms with Crippen molar-refractivity contribution in [3.05, 3.63) is 83.2 Å². The van der Waals surface area contributed by atoms with Gasteiger partial charge in [-0.2, -0.15) is 0 Å². The van der Waals surface area contributed by atoms with Crippen LogP contribution in [0.25, 0.3) is 21.7 Å². The van der Waals surface area contributed by atoms with Gasteiger partial charge in [-0.1, -0.05) is 50.2 Å². The van der Waals surface area contributed by atoms with Gasteiger partial charge >= 0.3 is 0 Å². The van der Waals surface area contributed by atoms with E-state index in [1.54, 1.807) is 23.5 Å². The van der Waals surface area contributed by atoms with E-state index >= 15 is 0 Å². The van der Waals surface area contributed by atoms with Crippen LogP contribution in [0.15, 0.2) is 70.7 Å². The van der Waals surface area contributed by atoms with Gasteiger partial charge in [0.25, 0.3) is 5.88 Å². The Morgan fingerprint density at radius 2 is 1.79 bits per heavy atom. The molecule has 16 nitrogen and oxygen atoms in total. The Kier molecular flexibility index (Phi) is 13.6. The zero-order valence-corrected chi connectivity index (χ0v) is 39.3. The van der Waals surface area contributed by atoms with E-state index in [9.17, 15) is 19.8 Å². The van der Waals surface area contributed by atoms with Crippen LogP contribution >= 0.6 is 11.3 Å². The minimum atomic E-state index is -0.818. The second-order valence-corrected chi connectivity index (χ2v) is 19.6. The number of phenols is 1. The van der Waals surface area contributed by atoms with E-state index in [2.05, 4.69) is 58.7 Å². The fourth-order valence-electron chi connectivity index (χ4n) is 10.3. The van der Waals surface area contributed by atoms with Gasteiger partial charge in [0.15, 0.2) is 11.6 Å². The largest absolute Gasteiger partial charge is 0.507 e. The Morgan fingerprint density at radius 3 is 2.53 bits per heavy atom. The molecule has 17 heteroatoms. The van der Waals surface area contributed by atoms with Gasteiger partial charge in [0.1, 0.15) is 24.3 Å². The van der Waals surface area contributed by atoms with Gasteiger partial charge < -0.3 is 39.9 Å². The third-order valence-corrected chi connectivity index (χ3v) is 15.2. The lowest BCUT2D eigenvalue weighted by Crippen LogP contribution is -2.60. The summed E-state index contributed by atoms with van der Waals surface area (Å²) in [7, 11) is 0. The molecule has 0 spiro atoms. The Morgan fingerprint density at radius 1 is 1.00 bits per heavy atom. The fourth-order valence-corrected chi connectivity index (χ4v) is 11.2. The first-order valence-electron chi connectivity index (χ1n) is 23.4. The molecule has 4 N–H and O–H groups in total. The Balaban J connectivity index is 0.735. The summed E-state index contributed by atoms with van der Waals surface area (Å²) in [5.74, 6) is 0.844.